The van der Waals surface area contributed by atoms with E-state index in [0.717, 1.165) is 39.1 Å². The van der Waals surface area contributed by atoms with Crippen molar-refractivity contribution >= 4 is 27.8 Å². The maximum atomic E-state index is 12.9. The highest BCUT2D eigenvalue weighted by molar-refractivity contribution is 5.99. The third-order valence-electron chi connectivity index (χ3n) is 5.28. The number of nitrogens with one attached hydrogen (secondary N) is 2. The predicted molar refractivity (Wildman–Crippen MR) is 126 cm³/mol. The number of imidazole rings is 1. The van der Waals surface area contributed by atoms with Gasteiger partial charge in [-0.1, -0.05) is 0 Å². The molecule has 5 aromatic rings. The number of benzene rings is 1. The Hall–Kier alpha value is -4.33. The zero-order chi connectivity index (χ0) is 22.8. The maximum Gasteiger partial charge on any atom is 0.251 e. The molecule has 33 heavy (non-hydrogen) atoms. The molecule has 2 N–H and O–H groups in total. The first kappa shape index (κ1) is 20.6. The SMILES string of the molecule is CCOc1cc(-c2ccnc(C)c2)nc2cc(C(=O)NCc3nc4cnccc4[nH]3)ccc12. The number of carbonyl (C=O) groups is 1. The minimum Gasteiger partial charge on any atom is -0.493 e. The van der Waals surface area contributed by atoms with Crippen LogP contribution in [0.3, 0.4) is 0 Å². The minimum absolute atomic E-state index is 0.208. The van der Waals surface area contributed by atoms with E-state index in [-0.39, 0.29) is 12.5 Å². The van der Waals surface area contributed by atoms with Gasteiger partial charge >= 0.3 is 0 Å². The number of ether oxygens (including phenoxy) is 1. The molecule has 1 amide bonds. The number of aromatic amines is 1. The van der Waals surface area contributed by atoms with E-state index < -0.39 is 0 Å². The molecular formula is C25H22N6O2. The number of amides is 1. The Morgan fingerprint density at radius 3 is 2.79 bits per heavy atom. The highest BCUT2D eigenvalue weighted by atomic mass is 16.5. The molecule has 5 rings (SSSR count). The third-order valence-corrected chi connectivity index (χ3v) is 5.28. The molecule has 0 spiro atoms. The molecule has 4 aromatic heterocycles. The number of aromatic nitrogens is 5. The van der Waals surface area contributed by atoms with Gasteiger partial charge in [-0.25, -0.2) is 9.97 Å². The Kier molecular flexibility index (Phi) is 5.40. The number of fused-ring (bicyclic) bond motifs is 2. The zero-order valence-corrected chi connectivity index (χ0v) is 18.3. The van der Waals surface area contributed by atoms with Gasteiger partial charge in [0.25, 0.3) is 5.91 Å². The number of aryl methyl sites for hydroxylation is 1. The summed E-state index contributed by atoms with van der Waals surface area (Å²) in [6.45, 7) is 4.69. The Balaban J connectivity index is 1.44. The van der Waals surface area contributed by atoms with Crippen molar-refractivity contribution in [1.29, 1.82) is 0 Å². The molecule has 0 bridgehead atoms. The van der Waals surface area contributed by atoms with E-state index in [1.165, 1.54) is 0 Å². The van der Waals surface area contributed by atoms with Gasteiger partial charge in [0, 0.05) is 40.7 Å². The second-order valence-electron chi connectivity index (χ2n) is 7.62. The Morgan fingerprint density at radius 2 is 1.97 bits per heavy atom. The van der Waals surface area contributed by atoms with Crippen molar-refractivity contribution in [3.05, 3.63) is 78.1 Å². The molecule has 0 fully saturated rings. The van der Waals surface area contributed by atoms with Crippen LogP contribution in [0.4, 0.5) is 0 Å². The third kappa shape index (κ3) is 4.23. The van der Waals surface area contributed by atoms with Crippen LogP contribution in [0, 0.1) is 6.92 Å². The van der Waals surface area contributed by atoms with Gasteiger partial charge in [0.15, 0.2) is 0 Å². The number of carbonyl (C=O) groups excluding carboxylic acids is 1. The molecule has 0 unspecified atom stereocenters. The van der Waals surface area contributed by atoms with E-state index in [1.807, 2.05) is 44.2 Å². The fourth-order valence-electron chi connectivity index (χ4n) is 3.72. The van der Waals surface area contributed by atoms with Crippen molar-refractivity contribution in [2.45, 2.75) is 20.4 Å². The van der Waals surface area contributed by atoms with Crippen molar-refractivity contribution in [2.75, 3.05) is 6.61 Å². The van der Waals surface area contributed by atoms with E-state index in [1.54, 1.807) is 30.7 Å². The molecule has 4 heterocycles. The van der Waals surface area contributed by atoms with E-state index in [9.17, 15) is 4.79 Å². The molecule has 8 nitrogen and oxygen atoms in total. The Bertz CT molecular complexity index is 1440. The molecule has 0 radical (unpaired) electrons. The molecule has 0 aliphatic heterocycles. The van der Waals surface area contributed by atoms with Crippen LogP contribution in [-0.2, 0) is 6.54 Å². The van der Waals surface area contributed by atoms with Gasteiger partial charge in [-0.2, -0.15) is 0 Å². The standard InChI is InChI=1S/C25H22N6O2/c1-3-33-23-12-20(16-6-9-27-15(2)10-16)29-21-11-17(4-5-18(21)23)25(32)28-14-24-30-19-7-8-26-13-22(19)31-24/h4-13H,3,14H2,1-2H3,(H,28,32)(H,30,31). The fourth-order valence-corrected chi connectivity index (χ4v) is 3.72. The van der Waals surface area contributed by atoms with Crippen molar-refractivity contribution < 1.29 is 9.53 Å². The van der Waals surface area contributed by atoms with Crippen LogP contribution in [0.5, 0.6) is 5.75 Å². The van der Waals surface area contributed by atoms with Gasteiger partial charge in [0.1, 0.15) is 17.1 Å². The first-order valence-corrected chi connectivity index (χ1v) is 10.7. The number of H-pyrrole nitrogens is 1. The van der Waals surface area contributed by atoms with Crippen LogP contribution in [0.1, 0.15) is 28.8 Å². The number of hydrogen-bond donors (Lipinski definition) is 2. The van der Waals surface area contributed by atoms with E-state index >= 15 is 0 Å². The summed E-state index contributed by atoms with van der Waals surface area (Å²) in [5.74, 6) is 1.19. The van der Waals surface area contributed by atoms with Crippen molar-refractivity contribution in [1.82, 2.24) is 30.2 Å². The highest BCUT2D eigenvalue weighted by Crippen LogP contribution is 2.31. The topological polar surface area (TPSA) is 106 Å². The molecule has 1 aromatic carbocycles. The van der Waals surface area contributed by atoms with E-state index in [4.69, 9.17) is 9.72 Å². The number of rotatable bonds is 6. The first-order chi connectivity index (χ1) is 16.1. The molecule has 0 atom stereocenters. The zero-order valence-electron chi connectivity index (χ0n) is 18.3. The van der Waals surface area contributed by atoms with Gasteiger partial charge in [-0.05, 0) is 50.2 Å². The van der Waals surface area contributed by atoms with E-state index in [0.29, 0.717) is 23.5 Å². The molecule has 0 saturated heterocycles. The molecule has 0 aliphatic rings. The largest absolute Gasteiger partial charge is 0.493 e. The summed E-state index contributed by atoms with van der Waals surface area (Å²) in [6, 6.07) is 13.1. The molecule has 8 heteroatoms. The molecule has 0 aliphatic carbocycles. The fraction of sp³-hybridized carbons (Fsp3) is 0.160. The normalized spacial score (nSPS) is 11.1. The predicted octanol–water partition coefficient (Wildman–Crippen LogP) is 4.21. The summed E-state index contributed by atoms with van der Waals surface area (Å²) in [6.07, 6.45) is 5.14. The lowest BCUT2D eigenvalue weighted by molar-refractivity contribution is 0.0950. The maximum absolute atomic E-state index is 12.9. The van der Waals surface area contributed by atoms with Crippen LogP contribution < -0.4 is 10.1 Å². The highest BCUT2D eigenvalue weighted by Gasteiger charge is 2.13. The minimum atomic E-state index is -0.208. The summed E-state index contributed by atoms with van der Waals surface area (Å²) in [5, 5.41) is 3.77. The van der Waals surface area contributed by atoms with Gasteiger partial charge in [-0.3, -0.25) is 14.8 Å². The summed E-state index contributed by atoms with van der Waals surface area (Å²) >= 11 is 0. The van der Waals surface area contributed by atoms with E-state index in [2.05, 4.69) is 25.3 Å². The smallest absolute Gasteiger partial charge is 0.251 e. The van der Waals surface area contributed by atoms with Crippen LogP contribution in [0.2, 0.25) is 0 Å². The average Bonchev–Trinajstić information content (AvgIpc) is 3.25. The van der Waals surface area contributed by atoms with Gasteiger partial charge in [-0.15, -0.1) is 0 Å². The number of pyridine rings is 3. The molecule has 0 saturated carbocycles. The summed E-state index contributed by atoms with van der Waals surface area (Å²) in [7, 11) is 0. The first-order valence-electron chi connectivity index (χ1n) is 10.7. The van der Waals surface area contributed by atoms with Crippen LogP contribution in [0.15, 0.2) is 61.1 Å². The van der Waals surface area contributed by atoms with Gasteiger partial charge in [0.2, 0.25) is 0 Å². The lowest BCUT2D eigenvalue weighted by Gasteiger charge is -2.12. The van der Waals surface area contributed by atoms with Crippen molar-refractivity contribution in [3.8, 4) is 17.0 Å². The second-order valence-corrected chi connectivity index (χ2v) is 7.62. The average molecular weight is 438 g/mol. The van der Waals surface area contributed by atoms with Gasteiger partial charge in [0.05, 0.1) is 36.1 Å². The lowest BCUT2D eigenvalue weighted by atomic mass is 10.1. The summed E-state index contributed by atoms with van der Waals surface area (Å²) < 4.78 is 5.87. The lowest BCUT2D eigenvalue weighted by Crippen LogP contribution is -2.23. The van der Waals surface area contributed by atoms with Gasteiger partial charge < -0.3 is 15.0 Å². The van der Waals surface area contributed by atoms with Crippen LogP contribution >= 0.6 is 0 Å². The quantitative estimate of drug-likeness (QED) is 0.411. The monoisotopic (exact) mass is 438 g/mol. The van der Waals surface area contributed by atoms with Crippen molar-refractivity contribution in [2.24, 2.45) is 0 Å². The molecule has 164 valence electrons. The number of hydrogen-bond acceptors (Lipinski definition) is 6. The van der Waals surface area contributed by atoms with Crippen LogP contribution in [0.25, 0.3) is 33.2 Å². The summed E-state index contributed by atoms with van der Waals surface area (Å²) in [5.41, 5.74) is 5.46. The second kappa shape index (κ2) is 8.66. The summed E-state index contributed by atoms with van der Waals surface area (Å²) in [4.78, 5) is 33.6. The number of nitrogens with zero attached hydrogens (tertiary/aromatic N) is 4. The van der Waals surface area contributed by atoms with Crippen LogP contribution in [-0.4, -0.2) is 37.4 Å². The Morgan fingerprint density at radius 1 is 1.06 bits per heavy atom. The van der Waals surface area contributed by atoms with Crippen molar-refractivity contribution in [3.63, 3.8) is 0 Å². The molecular weight excluding hydrogens is 416 g/mol. The Labute approximate surface area is 190 Å².